The van der Waals surface area contributed by atoms with Crippen molar-refractivity contribution in [1.29, 1.82) is 0 Å². The van der Waals surface area contributed by atoms with E-state index in [-0.39, 0.29) is 37.3 Å². The van der Waals surface area contributed by atoms with Crippen LogP contribution in [0.5, 0.6) is 5.75 Å². The Balaban J connectivity index is 1.79. The molecule has 1 saturated carbocycles. The fourth-order valence-corrected chi connectivity index (χ4v) is 3.70. The minimum Gasteiger partial charge on any atom is -0.494 e. The number of amides is 2. The molecule has 0 radical (unpaired) electrons. The lowest BCUT2D eigenvalue weighted by Gasteiger charge is -2.28. The number of fused-ring (bicyclic) bond motifs is 1. The third-order valence-electron chi connectivity index (χ3n) is 5.15. The van der Waals surface area contributed by atoms with Crippen LogP contribution in [-0.2, 0) is 6.54 Å². The predicted molar refractivity (Wildman–Crippen MR) is 109 cm³/mol. The summed E-state index contributed by atoms with van der Waals surface area (Å²) in [5, 5.41) is 13.3. The smallest absolute Gasteiger partial charge is 0.317 e. The molecule has 3 N–H and O–H groups in total. The molecular weight excluding hydrogens is 358 g/mol. The maximum absolute atomic E-state index is 12.7. The van der Waals surface area contributed by atoms with E-state index in [0.29, 0.717) is 12.2 Å². The second-order valence-electron chi connectivity index (χ2n) is 7.24. The van der Waals surface area contributed by atoms with Crippen LogP contribution in [0.15, 0.2) is 29.1 Å². The Bertz CT molecular complexity index is 858. The Morgan fingerprint density at radius 3 is 2.79 bits per heavy atom. The van der Waals surface area contributed by atoms with Crippen molar-refractivity contribution >= 4 is 16.9 Å². The maximum Gasteiger partial charge on any atom is 0.317 e. The fourth-order valence-electron chi connectivity index (χ4n) is 3.70. The third kappa shape index (κ3) is 5.04. The molecule has 0 saturated heterocycles. The van der Waals surface area contributed by atoms with Crippen molar-refractivity contribution < 1.29 is 14.6 Å². The SMILES string of the molecule is CCOc1ccc2[nH]c(=O)c(CN(CCO)C(=O)NC3CCCCC3)cc2c1. The van der Waals surface area contributed by atoms with Gasteiger partial charge in [-0.05, 0) is 44.0 Å². The molecular formula is C21H29N3O4. The summed E-state index contributed by atoms with van der Waals surface area (Å²) in [7, 11) is 0. The van der Waals surface area contributed by atoms with Crippen molar-refractivity contribution in [2.45, 2.75) is 51.6 Å². The Morgan fingerprint density at radius 1 is 1.29 bits per heavy atom. The molecule has 7 heteroatoms. The molecule has 1 heterocycles. The van der Waals surface area contributed by atoms with Crippen LogP contribution in [0, 0.1) is 0 Å². The summed E-state index contributed by atoms with van der Waals surface area (Å²) < 4.78 is 5.53. The summed E-state index contributed by atoms with van der Waals surface area (Å²) in [4.78, 5) is 29.5. The van der Waals surface area contributed by atoms with Crippen LogP contribution in [0.1, 0.15) is 44.6 Å². The van der Waals surface area contributed by atoms with Crippen LogP contribution in [0.2, 0.25) is 0 Å². The predicted octanol–water partition coefficient (Wildman–Crippen LogP) is 2.76. The first kappa shape index (κ1) is 20.2. The van der Waals surface area contributed by atoms with Crippen molar-refractivity contribution in [2.24, 2.45) is 0 Å². The number of aliphatic hydroxyl groups excluding tert-OH is 1. The van der Waals surface area contributed by atoms with Crippen molar-refractivity contribution in [3.8, 4) is 5.75 Å². The number of urea groups is 1. The first-order chi connectivity index (χ1) is 13.6. The number of benzene rings is 1. The van der Waals surface area contributed by atoms with Crippen molar-refractivity contribution in [3.05, 3.63) is 40.2 Å². The minimum atomic E-state index is -0.233. The van der Waals surface area contributed by atoms with Crippen LogP contribution in [0.25, 0.3) is 10.9 Å². The Morgan fingerprint density at radius 2 is 2.07 bits per heavy atom. The number of nitrogens with zero attached hydrogens (tertiary/aromatic N) is 1. The third-order valence-corrected chi connectivity index (χ3v) is 5.15. The van der Waals surface area contributed by atoms with E-state index in [2.05, 4.69) is 10.3 Å². The molecule has 28 heavy (non-hydrogen) atoms. The van der Waals surface area contributed by atoms with Gasteiger partial charge in [0.15, 0.2) is 0 Å². The van der Waals surface area contributed by atoms with E-state index >= 15 is 0 Å². The van der Waals surface area contributed by atoms with Gasteiger partial charge < -0.3 is 25.0 Å². The van der Waals surface area contributed by atoms with Gasteiger partial charge in [-0.3, -0.25) is 4.79 Å². The Kier molecular flexibility index (Phi) is 6.92. The highest BCUT2D eigenvalue weighted by atomic mass is 16.5. The van der Waals surface area contributed by atoms with Gasteiger partial charge in [0, 0.05) is 29.1 Å². The summed E-state index contributed by atoms with van der Waals surface area (Å²) in [5.41, 5.74) is 0.969. The monoisotopic (exact) mass is 387 g/mol. The highest BCUT2D eigenvalue weighted by Gasteiger charge is 2.21. The summed E-state index contributed by atoms with van der Waals surface area (Å²) in [6.07, 6.45) is 5.42. The van der Waals surface area contributed by atoms with Crippen molar-refractivity contribution in [1.82, 2.24) is 15.2 Å². The maximum atomic E-state index is 12.7. The lowest BCUT2D eigenvalue weighted by atomic mass is 9.96. The van der Waals surface area contributed by atoms with Gasteiger partial charge in [0.05, 0.1) is 19.8 Å². The highest BCUT2D eigenvalue weighted by molar-refractivity contribution is 5.81. The van der Waals surface area contributed by atoms with Gasteiger partial charge in [0.1, 0.15) is 5.75 Å². The van der Waals surface area contributed by atoms with E-state index in [0.717, 1.165) is 42.3 Å². The number of rotatable bonds is 7. The van der Waals surface area contributed by atoms with Gasteiger partial charge in [0.25, 0.3) is 5.56 Å². The van der Waals surface area contributed by atoms with E-state index in [4.69, 9.17) is 4.74 Å². The number of pyridine rings is 1. The molecule has 0 spiro atoms. The number of hydrogen-bond donors (Lipinski definition) is 3. The average molecular weight is 387 g/mol. The van der Waals surface area contributed by atoms with Gasteiger partial charge in [-0.15, -0.1) is 0 Å². The number of hydrogen-bond acceptors (Lipinski definition) is 4. The van der Waals surface area contributed by atoms with E-state index in [1.165, 1.54) is 11.3 Å². The average Bonchev–Trinajstić information content (AvgIpc) is 2.69. The number of carbonyl (C=O) groups is 1. The molecule has 1 fully saturated rings. The second kappa shape index (κ2) is 9.59. The zero-order chi connectivity index (χ0) is 19.9. The number of aromatic nitrogens is 1. The van der Waals surface area contributed by atoms with Gasteiger partial charge in [-0.1, -0.05) is 19.3 Å². The molecule has 152 valence electrons. The van der Waals surface area contributed by atoms with Gasteiger partial charge >= 0.3 is 6.03 Å². The molecule has 2 aromatic rings. The van der Waals surface area contributed by atoms with Crippen LogP contribution >= 0.6 is 0 Å². The summed E-state index contributed by atoms with van der Waals surface area (Å²) >= 11 is 0. The van der Waals surface area contributed by atoms with E-state index in [9.17, 15) is 14.7 Å². The molecule has 1 aromatic heterocycles. The summed E-state index contributed by atoms with van der Waals surface area (Å²) in [5.74, 6) is 0.732. The molecule has 0 unspecified atom stereocenters. The topological polar surface area (TPSA) is 94.7 Å². The Labute approximate surface area is 164 Å². The fraction of sp³-hybridized carbons (Fsp3) is 0.524. The van der Waals surface area contributed by atoms with Crippen molar-refractivity contribution in [2.75, 3.05) is 19.8 Å². The first-order valence-electron chi connectivity index (χ1n) is 10.1. The minimum absolute atomic E-state index is 0.142. The molecule has 0 aliphatic heterocycles. The number of carbonyl (C=O) groups excluding carboxylic acids is 1. The number of aliphatic hydroxyl groups is 1. The standard InChI is InChI=1S/C21H29N3O4/c1-2-28-18-8-9-19-15(13-18)12-16(20(26)23-19)14-24(10-11-25)21(27)22-17-6-4-3-5-7-17/h8-9,12-13,17,25H,2-7,10-11,14H2,1H3,(H,22,27)(H,23,26). The molecule has 1 aliphatic rings. The molecule has 2 amide bonds. The molecule has 7 nitrogen and oxygen atoms in total. The van der Waals surface area contributed by atoms with E-state index in [1.807, 2.05) is 25.1 Å². The van der Waals surface area contributed by atoms with Gasteiger partial charge in [-0.25, -0.2) is 4.79 Å². The molecule has 0 atom stereocenters. The normalized spacial score (nSPS) is 14.8. The van der Waals surface area contributed by atoms with E-state index in [1.54, 1.807) is 6.07 Å². The summed E-state index contributed by atoms with van der Waals surface area (Å²) in [6.45, 7) is 2.64. The van der Waals surface area contributed by atoms with Crippen molar-refractivity contribution in [3.63, 3.8) is 0 Å². The highest BCUT2D eigenvalue weighted by Crippen LogP contribution is 2.20. The van der Waals surface area contributed by atoms with Crippen LogP contribution in [-0.4, -0.2) is 46.8 Å². The van der Waals surface area contributed by atoms with Gasteiger partial charge in [0.2, 0.25) is 0 Å². The first-order valence-corrected chi connectivity index (χ1v) is 10.1. The lowest BCUT2D eigenvalue weighted by Crippen LogP contribution is -2.46. The largest absolute Gasteiger partial charge is 0.494 e. The van der Waals surface area contributed by atoms with Gasteiger partial charge in [-0.2, -0.15) is 0 Å². The number of nitrogens with one attached hydrogen (secondary N) is 2. The molecule has 3 rings (SSSR count). The van der Waals surface area contributed by atoms with Crippen LogP contribution < -0.4 is 15.6 Å². The second-order valence-corrected chi connectivity index (χ2v) is 7.24. The van der Waals surface area contributed by atoms with Crippen LogP contribution in [0.3, 0.4) is 0 Å². The molecule has 1 aromatic carbocycles. The number of ether oxygens (including phenoxy) is 1. The zero-order valence-electron chi connectivity index (χ0n) is 16.4. The lowest BCUT2D eigenvalue weighted by molar-refractivity contribution is 0.168. The van der Waals surface area contributed by atoms with E-state index < -0.39 is 0 Å². The number of aromatic amines is 1. The van der Waals surface area contributed by atoms with Crippen LogP contribution in [0.4, 0.5) is 4.79 Å². The zero-order valence-corrected chi connectivity index (χ0v) is 16.4. The summed E-state index contributed by atoms with van der Waals surface area (Å²) in [6, 6.07) is 7.23. The number of H-pyrrole nitrogens is 1. The molecule has 1 aliphatic carbocycles. The quantitative estimate of drug-likeness (QED) is 0.681. The molecule has 0 bridgehead atoms. The Hall–Kier alpha value is -2.54.